The average molecular weight is 278 g/mol. The summed E-state index contributed by atoms with van der Waals surface area (Å²) in [4.78, 5) is 0. The number of nitrogens with one attached hydrogen (secondary N) is 1. The Hall–Kier alpha value is -0.680. The molecule has 1 aromatic rings. The van der Waals surface area contributed by atoms with E-state index >= 15 is 0 Å². The lowest BCUT2D eigenvalue weighted by atomic mass is 10.2. The Labute approximate surface area is 94.7 Å². The molecular formula is C10H10BrF2NO. The maximum absolute atomic E-state index is 13.3. The van der Waals surface area contributed by atoms with Crippen LogP contribution in [0.5, 0.6) is 0 Å². The zero-order valence-corrected chi connectivity index (χ0v) is 9.48. The molecule has 1 saturated heterocycles. The van der Waals surface area contributed by atoms with Crippen molar-refractivity contribution in [1.82, 2.24) is 0 Å². The predicted molar refractivity (Wildman–Crippen MR) is 56.9 cm³/mol. The van der Waals surface area contributed by atoms with Crippen LogP contribution in [0.1, 0.15) is 6.42 Å². The number of anilines is 1. The highest BCUT2D eigenvalue weighted by Gasteiger charge is 2.17. The third-order valence-corrected chi connectivity index (χ3v) is 2.91. The van der Waals surface area contributed by atoms with E-state index in [0.29, 0.717) is 18.9 Å². The molecule has 1 unspecified atom stereocenters. The normalized spacial score (nSPS) is 20.6. The summed E-state index contributed by atoms with van der Waals surface area (Å²) in [5.41, 5.74) is 0.304. The first kappa shape index (κ1) is 10.8. The molecule has 0 saturated carbocycles. The summed E-state index contributed by atoms with van der Waals surface area (Å²) in [6, 6.07) is 2.38. The Morgan fingerprint density at radius 1 is 1.33 bits per heavy atom. The van der Waals surface area contributed by atoms with Crippen molar-refractivity contribution in [3.8, 4) is 0 Å². The topological polar surface area (TPSA) is 21.3 Å². The van der Waals surface area contributed by atoms with Gasteiger partial charge >= 0.3 is 0 Å². The Morgan fingerprint density at radius 2 is 2.13 bits per heavy atom. The average Bonchev–Trinajstić information content (AvgIpc) is 2.67. The molecule has 15 heavy (non-hydrogen) atoms. The van der Waals surface area contributed by atoms with Gasteiger partial charge in [-0.1, -0.05) is 0 Å². The highest BCUT2D eigenvalue weighted by atomic mass is 79.9. The van der Waals surface area contributed by atoms with E-state index in [0.717, 1.165) is 12.5 Å². The largest absolute Gasteiger partial charge is 0.379 e. The number of halogens is 3. The van der Waals surface area contributed by atoms with Crippen LogP contribution in [-0.2, 0) is 4.74 Å². The third-order valence-electron chi connectivity index (χ3n) is 2.30. The zero-order valence-electron chi connectivity index (χ0n) is 7.90. The van der Waals surface area contributed by atoms with Crippen molar-refractivity contribution in [2.45, 2.75) is 12.5 Å². The lowest BCUT2D eigenvalue weighted by Crippen LogP contribution is -2.19. The molecule has 82 valence electrons. The fourth-order valence-electron chi connectivity index (χ4n) is 1.50. The molecule has 5 heteroatoms. The molecule has 1 atom stereocenters. The molecule has 1 heterocycles. The van der Waals surface area contributed by atoms with E-state index in [1.807, 2.05) is 0 Å². The quantitative estimate of drug-likeness (QED) is 0.840. The standard InChI is InChI=1S/C10H10BrF2NO/c11-7-3-10(9(13)4-8(7)12)14-6-1-2-15-5-6/h3-4,6,14H,1-2,5H2. The van der Waals surface area contributed by atoms with Crippen molar-refractivity contribution in [3.63, 3.8) is 0 Å². The smallest absolute Gasteiger partial charge is 0.149 e. The van der Waals surface area contributed by atoms with Gasteiger partial charge in [0.2, 0.25) is 0 Å². The van der Waals surface area contributed by atoms with Gasteiger partial charge in [-0.25, -0.2) is 8.78 Å². The van der Waals surface area contributed by atoms with Crippen LogP contribution >= 0.6 is 15.9 Å². The van der Waals surface area contributed by atoms with Crippen molar-refractivity contribution in [1.29, 1.82) is 0 Å². The fraction of sp³-hybridized carbons (Fsp3) is 0.400. The Balaban J connectivity index is 2.16. The maximum Gasteiger partial charge on any atom is 0.149 e. The van der Waals surface area contributed by atoms with Gasteiger partial charge in [0.05, 0.1) is 22.8 Å². The number of benzene rings is 1. The molecule has 0 aliphatic carbocycles. The van der Waals surface area contributed by atoms with E-state index < -0.39 is 11.6 Å². The summed E-state index contributed by atoms with van der Waals surface area (Å²) < 4.78 is 31.7. The van der Waals surface area contributed by atoms with Gasteiger partial charge in [-0.2, -0.15) is 0 Å². The van der Waals surface area contributed by atoms with Gasteiger partial charge in [0.1, 0.15) is 11.6 Å². The third kappa shape index (κ3) is 2.46. The van der Waals surface area contributed by atoms with E-state index in [9.17, 15) is 8.78 Å². The van der Waals surface area contributed by atoms with Crippen LogP contribution in [0.15, 0.2) is 16.6 Å². The van der Waals surface area contributed by atoms with Crippen LogP contribution in [0, 0.1) is 11.6 Å². The van der Waals surface area contributed by atoms with Crippen molar-refractivity contribution in [2.24, 2.45) is 0 Å². The van der Waals surface area contributed by atoms with Crippen LogP contribution in [0.25, 0.3) is 0 Å². The van der Waals surface area contributed by atoms with E-state index in [1.54, 1.807) is 0 Å². The van der Waals surface area contributed by atoms with E-state index in [1.165, 1.54) is 6.07 Å². The van der Waals surface area contributed by atoms with Crippen LogP contribution in [0.4, 0.5) is 14.5 Å². The fourth-order valence-corrected chi connectivity index (χ4v) is 1.84. The van der Waals surface area contributed by atoms with Gasteiger partial charge in [-0.15, -0.1) is 0 Å². The predicted octanol–water partition coefficient (Wildman–Crippen LogP) is 2.93. The molecule has 1 aromatic carbocycles. The van der Waals surface area contributed by atoms with E-state index in [-0.39, 0.29) is 10.5 Å². The first-order chi connectivity index (χ1) is 7.16. The lowest BCUT2D eigenvalue weighted by molar-refractivity contribution is 0.195. The summed E-state index contributed by atoms with van der Waals surface area (Å²) in [5, 5.41) is 2.98. The van der Waals surface area contributed by atoms with E-state index in [2.05, 4.69) is 21.2 Å². The van der Waals surface area contributed by atoms with Gasteiger partial charge in [0.25, 0.3) is 0 Å². The van der Waals surface area contributed by atoms with E-state index in [4.69, 9.17) is 4.74 Å². The summed E-state index contributed by atoms with van der Waals surface area (Å²) in [6.45, 7) is 1.25. The number of rotatable bonds is 2. The first-order valence-electron chi connectivity index (χ1n) is 4.65. The Bertz CT molecular complexity index is 367. The summed E-state index contributed by atoms with van der Waals surface area (Å²) >= 11 is 3.02. The van der Waals surface area contributed by atoms with Crippen molar-refractivity contribution in [3.05, 3.63) is 28.2 Å². The molecule has 1 N–H and O–H groups in total. The van der Waals surface area contributed by atoms with Gasteiger partial charge < -0.3 is 10.1 Å². The second-order valence-electron chi connectivity index (χ2n) is 3.45. The number of hydrogen-bond acceptors (Lipinski definition) is 2. The van der Waals surface area contributed by atoms with Crippen molar-refractivity contribution < 1.29 is 13.5 Å². The lowest BCUT2D eigenvalue weighted by Gasteiger charge is -2.13. The first-order valence-corrected chi connectivity index (χ1v) is 5.45. The van der Waals surface area contributed by atoms with Crippen LogP contribution < -0.4 is 5.32 Å². The van der Waals surface area contributed by atoms with Gasteiger partial charge in [0.15, 0.2) is 0 Å². The second kappa shape index (κ2) is 4.45. The minimum atomic E-state index is -0.597. The van der Waals surface area contributed by atoms with Crippen molar-refractivity contribution >= 4 is 21.6 Å². The minimum absolute atomic E-state index is 0.108. The molecular weight excluding hydrogens is 268 g/mol. The molecule has 0 radical (unpaired) electrons. The van der Waals surface area contributed by atoms with Crippen LogP contribution in [0.2, 0.25) is 0 Å². The number of hydrogen-bond donors (Lipinski definition) is 1. The molecule has 2 rings (SSSR count). The van der Waals surface area contributed by atoms with Crippen LogP contribution in [0.3, 0.4) is 0 Å². The molecule has 1 aliphatic rings. The highest BCUT2D eigenvalue weighted by Crippen LogP contribution is 2.25. The number of ether oxygens (including phenoxy) is 1. The molecule has 1 aliphatic heterocycles. The molecule has 0 spiro atoms. The summed E-state index contributed by atoms with van der Waals surface area (Å²) in [7, 11) is 0. The summed E-state index contributed by atoms with van der Waals surface area (Å²) in [5.74, 6) is -1.18. The van der Waals surface area contributed by atoms with Crippen LogP contribution in [-0.4, -0.2) is 19.3 Å². The minimum Gasteiger partial charge on any atom is -0.379 e. The molecule has 0 bridgehead atoms. The van der Waals surface area contributed by atoms with Gasteiger partial charge in [0, 0.05) is 12.7 Å². The second-order valence-corrected chi connectivity index (χ2v) is 4.31. The molecule has 2 nitrogen and oxygen atoms in total. The Morgan fingerprint density at radius 3 is 2.80 bits per heavy atom. The SMILES string of the molecule is Fc1cc(F)c(NC2CCOC2)cc1Br. The maximum atomic E-state index is 13.3. The molecule has 1 fully saturated rings. The highest BCUT2D eigenvalue weighted by molar-refractivity contribution is 9.10. The van der Waals surface area contributed by atoms with Gasteiger partial charge in [-0.05, 0) is 28.4 Å². The monoisotopic (exact) mass is 277 g/mol. The molecule has 0 amide bonds. The summed E-state index contributed by atoms with van der Waals surface area (Å²) in [6.07, 6.45) is 0.842. The molecule has 0 aromatic heterocycles. The van der Waals surface area contributed by atoms with Gasteiger partial charge in [-0.3, -0.25) is 0 Å². The van der Waals surface area contributed by atoms with Crippen molar-refractivity contribution in [2.75, 3.05) is 18.5 Å². The zero-order chi connectivity index (χ0) is 10.8. The Kier molecular flexibility index (Phi) is 3.21.